The van der Waals surface area contributed by atoms with E-state index >= 15 is 0 Å². The maximum Gasteiger partial charge on any atom is 0.694 e. The predicted molar refractivity (Wildman–Crippen MR) is 127 cm³/mol. The molecule has 36 heavy (non-hydrogen) atoms. The molecular weight excluding hydrogens is 524 g/mol. The summed E-state index contributed by atoms with van der Waals surface area (Å²) >= 11 is 0.979. The summed E-state index contributed by atoms with van der Waals surface area (Å²) in [5, 5.41) is 2.81. The van der Waals surface area contributed by atoms with Gasteiger partial charge in [0.05, 0.1) is 18.8 Å². The lowest BCUT2D eigenvalue weighted by molar-refractivity contribution is -0.139. The topological polar surface area (TPSA) is 67.8 Å². The minimum Gasteiger partial charge on any atom is -0.379 e. The number of alkyl halides is 3. The molecule has 198 valence electrons. The Balaban J connectivity index is 1.52. The Bertz CT molecular complexity index is 1020. The Kier molecular flexibility index (Phi) is 10.7. The summed E-state index contributed by atoms with van der Waals surface area (Å²) in [4.78, 5) is 8.40. The van der Waals surface area contributed by atoms with Crippen molar-refractivity contribution in [2.24, 2.45) is 0 Å². The van der Waals surface area contributed by atoms with Crippen LogP contribution >= 0.6 is 20.0 Å². The van der Waals surface area contributed by atoms with E-state index < -0.39 is 25.8 Å². The number of hydrogen-bond donors (Lipinski definition) is 2. The fourth-order valence-corrected chi connectivity index (χ4v) is 5.36. The van der Waals surface area contributed by atoms with E-state index in [4.69, 9.17) is 9.63 Å². The second-order valence-electron chi connectivity index (χ2n) is 8.62. The standard InChI is InChI=1S/C24H27F5NO4PS/c25-19-6-4-18(5-7-19)23(15-33-16-23)8-1-2-11-36-22-13-21(26)17(12-20(22)24(27,28)29)14-30-9-3-10-34-35(31)32/h4-7,12-13,30H,1-3,8-11,14-16H2/p+1. The third-order valence-electron chi connectivity index (χ3n) is 5.99. The summed E-state index contributed by atoms with van der Waals surface area (Å²) < 4.78 is 89.1. The second kappa shape index (κ2) is 13.3. The Morgan fingerprint density at radius 3 is 2.44 bits per heavy atom. The van der Waals surface area contributed by atoms with Crippen LogP contribution in [0.15, 0.2) is 41.3 Å². The van der Waals surface area contributed by atoms with Crippen molar-refractivity contribution in [1.29, 1.82) is 0 Å². The molecule has 1 saturated heterocycles. The highest BCUT2D eigenvalue weighted by molar-refractivity contribution is 7.99. The maximum absolute atomic E-state index is 14.5. The van der Waals surface area contributed by atoms with Gasteiger partial charge in [0.2, 0.25) is 0 Å². The molecule has 2 N–H and O–H groups in total. The smallest absolute Gasteiger partial charge is 0.379 e. The van der Waals surface area contributed by atoms with Crippen molar-refractivity contribution in [3.05, 3.63) is 64.7 Å². The van der Waals surface area contributed by atoms with Gasteiger partial charge in [-0.05, 0) is 61.4 Å². The van der Waals surface area contributed by atoms with Crippen molar-refractivity contribution in [2.45, 2.75) is 48.7 Å². The Morgan fingerprint density at radius 1 is 1.11 bits per heavy atom. The summed E-state index contributed by atoms with van der Waals surface area (Å²) in [5.41, 5.74) is -0.184. The third-order valence-corrected chi connectivity index (χ3v) is 7.53. The molecule has 1 atom stereocenters. The lowest BCUT2D eigenvalue weighted by Gasteiger charge is -2.42. The predicted octanol–water partition coefficient (Wildman–Crippen LogP) is 6.36. The van der Waals surface area contributed by atoms with E-state index in [0.717, 1.165) is 42.3 Å². The van der Waals surface area contributed by atoms with Gasteiger partial charge < -0.3 is 10.1 Å². The second-order valence-corrected chi connectivity index (χ2v) is 10.5. The van der Waals surface area contributed by atoms with Crippen LogP contribution in [0.4, 0.5) is 22.0 Å². The van der Waals surface area contributed by atoms with Crippen LogP contribution in [-0.2, 0) is 32.0 Å². The molecule has 5 nitrogen and oxygen atoms in total. The van der Waals surface area contributed by atoms with E-state index in [0.29, 0.717) is 31.8 Å². The van der Waals surface area contributed by atoms with Gasteiger partial charge in [0, 0.05) is 27.0 Å². The molecule has 0 spiro atoms. The highest BCUT2D eigenvalue weighted by atomic mass is 32.2. The van der Waals surface area contributed by atoms with Gasteiger partial charge in [-0.15, -0.1) is 21.2 Å². The summed E-state index contributed by atoms with van der Waals surface area (Å²) in [6, 6.07) is 8.07. The minimum absolute atomic E-state index is 0.00259. The van der Waals surface area contributed by atoms with Crippen LogP contribution in [0.2, 0.25) is 0 Å². The molecule has 0 radical (unpaired) electrons. The van der Waals surface area contributed by atoms with Gasteiger partial charge in [-0.1, -0.05) is 18.6 Å². The molecule has 0 bridgehead atoms. The lowest BCUT2D eigenvalue weighted by Crippen LogP contribution is -2.46. The normalized spacial score (nSPS) is 15.6. The molecule has 3 rings (SSSR count). The molecule has 1 aliphatic heterocycles. The molecule has 1 fully saturated rings. The number of halogens is 5. The highest BCUT2D eigenvalue weighted by Crippen LogP contribution is 2.40. The zero-order valence-corrected chi connectivity index (χ0v) is 21.2. The molecule has 12 heteroatoms. The van der Waals surface area contributed by atoms with E-state index in [1.165, 1.54) is 12.1 Å². The lowest BCUT2D eigenvalue weighted by atomic mass is 9.75. The summed E-state index contributed by atoms with van der Waals surface area (Å²) in [6.07, 6.45) is -2.13. The quantitative estimate of drug-likeness (QED) is 0.123. The molecule has 0 saturated carbocycles. The number of hydrogen-bond acceptors (Lipinski definition) is 5. The zero-order valence-electron chi connectivity index (χ0n) is 19.5. The molecule has 0 amide bonds. The monoisotopic (exact) mass is 552 g/mol. The average Bonchev–Trinajstić information content (AvgIpc) is 2.78. The van der Waals surface area contributed by atoms with Gasteiger partial charge in [-0.2, -0.15) is 13.2 Å². The molecule has 2 aromatic rings. The molecule has 0 aliphatic carbocycles. The first-order valence-corrected chi connectivity index (χ1v) is 13.6. The van der Waals surface area contributed by atoms with Gasteiger partial charge >= 0.3 is 14.4 Å². The van der Waals surface area contributed by atoms with Gasteiger partial charge in [-0.3, -0.25) is 0 Å². The summed E-state index contributed by atoms with van der Waals surface area (Å²) in [7, 11) is -2.70. The van der Waals surface area contributed by atoms with Crippen molar-refractivity contribution >= 4 is 20.0 Å². The van der Waals surface area contributed by atoms with E-state index in [1.807, 2.05) is 0 Å². The van der Waals surface area contributed by atoms with Crippen LogP contribution in [0.3, 0.4) is 0 Å². The summed E-state index contributed by atoms with van der Waals surface area (Å²) in [6.45, 7) is 1.23. The SMILES string of the molecule is O=[P+](O)OCCCNCc1cc(C(F)(F)F)c(SCCCCC2(c3ccc(F)cc3)COC2)cc1F. The fourth-order valence-electron chi connectivity index (χ4n) is 3.99. The van der Waals surface area contributed by atoms with Crippen molar-refractivity contribution < 1.29 is 40.7 Å². The van der Waals surface area contributed by atoms with Gasteiger partial charge in [0.1, 0.15) is 18.2 Å². The number of unbranched alkanes of at least 4 members (excludes halogenated alkanes) is 1. The first kappa shape index (κ1) is 28.9. The van der Waals surface area contributed by atoms with Crippen molar-refractivity contribution in [2.75, 3.05) is 32.1 Å². The van der Waals surface area contributed by atoms with Crippen LogP contribution < -0.4 is 5.32 Å². The van der Waals surface area contributed by atoms with E-state index in [2.05, 4.69) is 9.84 Å². The van der Waals surface area contributed by atoms with Gasteiger partial charge in [0.15, 0.2) is 0 Å². The van der Waals surface area contributed by atoms with Crippen LogP contribution in [0.25, 0.3) is 0 Å². The Labute approximate surface area is 211 Å². The van der Waals surface area contributed by atoms with Gasteiger partial charge in [-0.25, -0.2) is 8.78 Å². The van der Waals surface area contributed by atoms with Crippen molar-refractivity contribution in [1.82, 2.24) is 5.32 Å². The van der Waals surface area contributed by atoms with Crippen molar-refractivity contribution in [3.63, 3.8) is 0 Å². The van der Waals surface area contributed by atoms with Crippen LogP contribution in [0.1, 0.15) is 42.4 Å². The molecule has 2 aromatic carbocycles. The first-order chi connectivity index (χ1) is 17.1. The minimum atomic E-state index is -4.62. The Hall–Kier alpha value is -1.62. The largest absolute Gasteiger partial charge is 0.694 e. The summed E-state index contributed by atoms with van der Waals surface area (Å²) in [5.74, 6) is -0.644. The number of rotatable bonds is 14. The molecular formula is C24H28F5NO4PS+. The van der Waals surface area contributed by atoms with E-state index in [1.54, 1.807) is 12.1 Å². The third kappa shape index (κ3) is 8.19. The van der Waals surface area contributed by atoms with Gasteiger partial charge in [0.25, 0.3) is 0 Å². The Morgan fingerprint density at radius 2 is 1.83 bits per heavy atom. The molecule has 1 aliphatic rings. The van der Waals surface area contributed by atoms with Crippen LogP contribution in [0, 0.1) is 11.6 Å². The number of thioether (sulfide) groups is 1. The fraction of sp³-hybridized carbons (Fsp3) is 0.500. The highest BCUT2D eigenvalue weighted by Gasteiger charge is 2.39. The molecule has 1 unspecified atom stereocenters. The zero-order chi connectivity index (χ0) is 26.2. The molecule has 0 aromatic heterocycles. The molecule has 1 heterocycles. The average molecular weight is 553 g/mol. The van der Waals surface area contributed by atoms with Crippen LogP contribution in [0.5, 0.6) is 0 Å². The van der Waals surface area contributed by atoms with E-state index in [-0.39, 0.29) is 41.4 Å². The first-order valence-electron chi connectivity index (χ1n) is 11.5. The number of nitrogens with one attached hydrogen (secondary N) is 1. The number of ether oxygens (including phenoxy) is 1. The van der Waals surface area contributed by atoms with E-state index in [9.17, 15) is 26.5 Å². The maximum atomic E-state index is 14.5. The number of benzene rings is 2. The van der Waals surface area contributed by atoms with Crippen LogP contribution in [-0.4, -0.2) is 37.0 Å². The van der Waals surface area contributed by atoms with Crippen molar-refractivity contribution in [3.8, 4) is 0 Å².